The lowest BCUT2D eigenvalue weighted by Gasteiger charge is -2.29. The van der Waals surface area contributed by atoms with Gasteiger partial charge >= 0.3 is 0 Å². The molecule has 3 aliphatic heterocycles. The molecule has 4 atom stereocenters. The molecule has 4 amide bonds. The smallest absolute Gasteiger partial charge is 0.250 e. The normalized spacial score (nSPS) is 25.9. The summed E-state index contributed by atoms with van der Waals surface area (Å²) in [4.78, 5) is 53.9. The van der Waals surface area contributed by atoms with E-state index in [1.807, 2.05) is 31.2 Å². The largest absolute Gasteiger partial charge is 0.493 e. The molecule has 2 aromatic rings. The van der Waals surface area contributed by atoms with Crippen LogP contribution in [-0.4, -0.2) is 55.3 Å². The van der Waals surface area contributed by atoms with Crippen LogP contribution in [0.1, 0.15) is 29.5 Å². The molecule has 3 aliphatic rings. The van der Waals surface area contributed by atoms with Gasteiger partial charge in [0, 0.05) is 30.3 Å². The second-order valence-corrected chi connectivity index (χ2v) is 9.84. The van der Waals surface area contributed by atoms with E-state index in [1.54, 1.807) is 26.4 Å². The number of ether oxygens (including phenoxy) is 2. The average molecular weight is 507 g/mol. The number of carbonyl (C=O) groups excluding carboxylic acids is 4. The summed E-state index contributed by atoms with van der Waals surface area (Å²) in [6, 6.07) is 10.4. The van der Waals surface area contributed by atoms with Crippen LogP contribution >= 0.6 is 0 Å². The maximum atomic E-state index is 13.9. The van der Waals surface area contributed by atoms with E-state index in [0.29, 0.717) is 29.2 Å². The van der Waals surface area contributed by atoms with Gasteiger partial charge in [0.05, 0.1) is 26.1 Å². The number of rotatable bonds is 8. The number of aryl methyl sites for hydroxylation is 1. The van der Waals surface area contributed by atoms with Crippen LogP contribution in [0.2, 0.25) is 0 Å². The molecule has 5 rings (SSSR count). The van der Waals surface area contributed by atoms with Crippen molar-refractivity contribution in [3.63, 3.8) is 0 Å². The Labute approximate surface area is 214 Å². The molecule has 0 aromatic heterocycles. The molecule has 0 saturated carbocycles. The van der Waals surface area contributed by atoms with Gasteiger partial charge in [0.1, 0.15) is 5.54 Å². The fourth-order valence-corrected chi connectivity index (χ4v) is 6.02. The molecule has 0 bridgehead atoms. The second kappa shape index (κ2) is 9.19. The summed E-state index contributed by atoms with van der Waals surface area (Å²) in [5.74, 6) is -2.18. The molecular formula is C27H30N4O6. The summed E-state index contributed by atoms with van der Waals surface area (Å²) < 4.78 is 10.7. The van der Waals surface area contributed by atoms with Gasteiger partial charge in [-0.2, -0.15) is 0 Å². The molecule has 2 aromatic carbocycles. The number of carbonyl (C=O) groups is 4. The first kappa shape index (κ1) is 24.8. The first-order chi connectivity index (χ1) is 17.7. The predicted octanol–water partition coefficient (Wildman–Crippen LogP) is 1.24. The van der Waals surface area contributed by atoms with E-state index in [1.165, 1.54) is 4.90 Å². The Morgan fingerprint density at radius 1 is 1.05 bits per heavy atom. The lowest BCUT2D eigenvalue weighted by molar-refractivity contribution is -0.142. The number of likely N-dealkylation sites (tertiary alicyclic amines) is 1. The highest BCUT2D eigenvalue weighted by atomic mass is 16.5. The average Bonchev–Trinajstić information content (AvgIpc) is 3.45. The topological polar surface area (TPSA) is 140 Å². The Morgan fingerprint density at radius 3 is 2.51 bits per heavy atom. The van der Waals surface area contributed by atoms with Crippen LogP contribution < -0.4 is 25.8 Å². The lowest BCUT2D eigenvalue weighted by Crippen LogP contribution is -2.53. The van der Waals surface area contributed by atoms with Crippen molar-refractivity contribution in [3.8, 4) is 11.5 Å². The van der Waals surface area contributed by atoms with Gasteiger partial charge in [-0.3, -0.25) is 29.4 Å². The zero-order valence-corrected chi connectivity index (χ0v) is 21.0. The van der Waals surface area contributed by atoms with Gasteiger partial charge in [-0.15, -0.1) is 0 Å². The van der Waals surface area contributed by atoms with Gasteiger partial charge in [-0.25, -0.2) is 0 Å². The van der Waals surface area contributed by atoms with E-state index in [0.717, 1.165) is 11.1 Å². The monoisotopic (exact) mass is 506 g/mol. The number of nitrogens with one attached hydrogen (secondary N) is 2. The standard InChI is InChI=1S/C27H30N4O6/c1-14-4-6-17-16(12-14)27(26(35)29-17)23-22(18(30-27)7-9-21(28)32)24(33)31(25(23)34)11-10-15-5-8-19(36-2)20(13-15)37-3/h4-6,8,12-13,18,22-23,30H,7,9-11H2,1-3H3,(H2,28,32)(H,29,35)/t18-,22-,23+,27-/m1/s1. The summed E-state index contributed by atoms with van der Waals surface area (Å²) in [5, 5.41) is 6.21. The second-order valence-electron chi connectivity index (χ2n) is 9.84. The maximum Gasteiger partial charge on any atom is 0.250 e. The number of amides is 4. The van der Waals surface area contributed by atoms with Gasteiger partial charge in [0.25, 0.3) is 0 Å². The van der Waals surface area contributed by atoms with Gasteiger partial charge in [0.2, 0.25) is 23.6 Å². The Hall–Kier alpha value is -3.92. The van der Waals surface area contributed by atoms with Gasteiger partial charge in [-0.05, 0) is 43.5 Å². The minimum absolute atomic E-state index is 0.0341. The third-order valence-corrected chi connectivity index (χ3v) is 7.74. The fraction of sp³-hybridized carbons (Fsp3) is 0.407. The molecule has 2 saturated heterocycles. The molecule has 4 N–H and O–H groups in total. The van der Waals surface area contributed by atoms with Crippen molar-refractivity contribution in [2.75, 3.05) is 26.1 Å². The number of methoxy groups -OCH3 is 2. The lowest BCUT2D eigenvalue weighted by atomic mass is 9.76. The quantitative estimate of drug-likeness (QED) is 0.458. The van der Waals surface area contributed by atoms with Gasteiger partial charge < -0.3 is 20.5 Å². The zero-order valence-electron chi connectivity index (χ0n) is 21.0. The minimum atomic E-state index is -1.39. The van der Waals surface area contributed by atoms with E-state index in [4.69, 9.17) is 15.2 Å². The Balaban J connectivity index is 1.48. The third-order valence-electron chi connectivity index (χ3n) is 7.74. The SMILES string of the molecule is COc1ccc(CCN2C(=O)[C@H]3[C@@H](C2=O)[C@@]2(N[C@@H]3CCC(N)=O)C(=O)Nc3ccc(C)cc32)cc1OC. The molecule has 1 spiro atoms. The van der Waals surface area contributed by atoms with Crippen molar-refractivity contribution in [1.29, 1.82) is 0 Å². The van der Waals surface area contributed by atoms with Crippen molar-refractivity contribution in [1.82, 2.24) is 10.2 Å². The predicted molar refractivity (Wildman–Crippen MR) is 134 cm³/mol. The van der Waals surface area contributed by atoms with Crippen LogP contribution in [0, 0.1) is 18.8 Å². The van der Waals surface area contributed by atoms with Crippen molar-refractivity contribution in [2.45, 2.75) is 37.8 Å². The number of anilines is 1. The van der Waals surface area contributed by atoms with Crippen LogP contribution in [0.4, 0.5) is 5.69 Å². The summed E-state index contributed by atoms with van der Waals surface area (Å²) >= 11 is 0. The van der Waals surface area contributed by atoms with Crippen LogP contribution in [0.5, 0.6) is 11.5 Å². The highest BCUT2D eigenvalue weighted by Crippen LogP contribution is 2.53. The van der Waals surface area contributed by atoms with Crippen molar-refractivity contribution < 1.29 is 28.7 Å². The molecule has 3 heterocycles. The first-order valence-corrected chi connectivity index (χ1v) is 12.3. The molecule has 10 heteroatoms. The number of nitrogens with zero attached hydrogens (tertiary/aromatic N) is 1. The molecule has 2 fully saturated rings. The van der Waals surface area contributed by atoms with Crippen molar-refractivity contribution in [3.05, 3.63) is 53.1 Å². The van der Waals surface area contributed by atoms with Gasteiger partial charge in [0.15, 0.2) is 11.5 Å². The fourth-order valence-electron chi connectivity index (χ4n) is 6.02. The molecule has 0 aliphatic carbocycles. The van der Waals surface area contributed by atoms with Crippen molar-refractivity contribution >= 4 is 29.3 Å². The maximum absolute atomic E-state index is 13.9. The molecule has 37 heavy (non-hydrogen) atoms. The van der Waals surface area contributed by atoms with E-state index >= 15 is 0 Å². The molecular weight excluding hydrogens is 476 g/mol. The Morgan fingerprint density at radius 2 is 1.81 bits per heavy atom. The number of hydrogen-bond acceptors (Lipinski definition) is 7. The van der Waals surface area contributed by atoms with Crippen LogP contribution in [0.15, 0.2) is 36.4 Å². The third kappa shape index (κ3) is 3.83. The summed E-state index contributed by atoms with van der Waals surface area (Å²) in [6.45, 7) is 2.06. The van der Waals surface area contributed by atoms with Gasteiger partial charge in [-0.1, -0.05) is 23.8 Å². The summed E-state index contributed by atoms with van der Waals surface area (Å²) in [6.07, 6.45) is 0.688. The van der Waals surface area contributed by atoms with Crippen LogP contribution in [-0.2, 0) is 31.1 Å². The summed E-state index contributed by atoms with van der Waals surface area (Å²) in [7, 11) is 3.09. The molecule has 0 radical (unpaired) electrons. The summed E-state index contributed by atoms with van der Waals surface area (Å²) in [5.41, 5.74) is 7.06. The number of nitrogens with two attached hydrogens (primary N) is 1. The van der Waals surface area contributed by atoms with Crippen LogP contribution in [0.3, 0.4) is 0 Å². The molecule has 194 valence electrons. The van der Waals surface area contributed by atoms with E-state index in [-0.39, 0.29) is 31.2 Å². The highest BCUT2D eigenvalue weighted by molar-refractivity contribution is 6.15. The Bertz CT molecular complexity index is 1310. The first-order valence-electron chi connectivity index (χ1n) is 12.3. The number of fused-ring (bicyclic) bond motifs is 4. The number of primary amides is 1. The van der Waals surface area contributed by atoms with E-state index in [2.05, 4.69) is 10.6 Å². The van der Waals surface area contributed by atoms with E-state index < -0.39 is 35.2 Å². The Kier molecular flexibility index (Phi) is 6.15. The van der Waals surface area contributed by atoms with Crippen LogP contribution in [0.25, 0.3) is 0 Å². The van der Waals surface area contributed by atoms with E-state index in [9.17, 15) is 19.2 Å². The molecule has 0 unspecified atom stereocenters. The minimum Gasteiger partial charge on any atom is -0.493 e. The zero-order chi connectivity index (χ0) is 26.5. The number of hydrogen-bond donors (Lipinski definition) is 3. The van der Waals surface area contributed by atoms with Crippen molar-refractivity contribution in [2.24, 2.45) is 17.6 Å². The number of benzene rings is 2. The molecule has 10 nitrogen and oxygen atoms in total. The highest BCUT2D eigenvalue weighted by Gasteiger charge is 2.70. The number of imide groups is 1.